The number of piperazine rings is 1. The average Bonchev–Trinajstić information content (AvgIpc) is 2.81. The van der Waals surface area contributed by atoms with Crippen molar-refractivity contribution in [3.63, 3.8) is 0 Å². The molecule has 1 aromatic carbocycles. The Labute approximate surface area is 127 Å². The van der Waals surface area contributed by atoms with Crippen molar-refractivity contribution < 1.29 is 0 Å². The maximum atomic E-state index is 6.16. The Hall–Kier alpha value is -1.52. The van der Waals surface area contributed by atoms with Crippen LogP contribution >= 0.6 is 0 Å². The van der Waals surface area contributed by atoms with Crippen molar-refractivity contribution in [3.05, 3.63) is 30.0 Å². The van der Waals surface area contributed by atoms with Gasteiger partial charge in [0.25, 0.3) is 0 Å². The summed E-state index contributed by atoms with van der Waals surface area (Å²) in [6, 6.07) is 8.96. The number of aromatic nitrogens is 1. The molecule has 2 heterocycles. The van der Waals surface area contributed by atoms with Crippen molar-refractivity contribution in [2.24, 2.45) is 0 Å². The van der Waals surface area contributed by atoms with Crippen LogP contribution in [0.5, 0.6) is 0 Å². The Balaban J connectivity index is 1.94. The number of anilines is 1. The first kappa shape index (κ1) is 14.4. The molecule has 4 nitrogen and oxygen atoms in total. The molecule has 4 heteroatoms. The van der Waals surface area contributed by atoms with Crippen LogP contribution in [0.1, 0.15) is 25.6 Å². The fraction of sp³-hybridized carbons (Fsp3) is 0.529. The van der Waals surface area contributed by atoms with E-state index in [1.165, 1.54) is 16.6 Å². The van der Waals surface area contributed by atoms with E-state index in [-0.39, 0.29) is 0 Å². The first-order valence-corrected chi connectivity index (χ1v) is 7.85. The molecule has 2 N–H and O–H groups in total. The zero-order valence-corrected chi connectivity index (χ0v) is 13.3. The van der Waals surface area contributed by atoms with E-state index in [4.69, 9.17) is 5.73 Å². The summed E-state index contributed by atoms with van der Waals surface area (Å²) in [5.41, 5.74) is 9.67. The Morgan fingerprint density at radius 2 is 1.86 bits per heavy atom. The molecule has 0 radical (unpaired) electrons. The van der Waals surface area contributed by atoms with Crippen molar-refractivity contribution in [2.75, 3.05) is 39.0 Å². The highest BCUT2D eigenvalue weighted by Crippen LogP contribution is 2.29. The van der Waals surface area contributed by atoms with Crippen LogP contribution in [0.3, 0.4) is 0 Å². The second-order valence-corrected chi connectivity index (χ2v) is 6.46. The Morgan fingerprint density at radius 1 is 1.14 bits per heavy atom. The molecule has 1 aromatic heterocycles. The molecule has 0 aliphatic carbocycles. The minimum Gasteiger partial charge on any atom is -0.398 e. The summed E-state index contributed by atoms with van der Waals surface area (Å²) in [5.74, 6) is 0. The smallest absolute Gasteiger partial charge is 0.0506 e. The first-order chi connectivity index (χ1) is 10.1. The van der Waals surface area contributed by atoms with E-state index in [0.717, 1.165) is 38.4 Å². The summed E-state index contributed by atoms with van der Waals surface area (Å²) in [7, 11) is 2.20. The van der Waals surface area contributed by atoms with Gasteiger partial charge in [-0.1, -0.05) is 6.07 Å². The summed E-state index contributed by atoms with van der Waals surface area (Å²) >= 11 is 0. The number of nitrogens with two attached hydrogens (primary N) is 1. The van der Waals surface area contributed by atoms with Crippen LogP contribution in [0.15, 0.2) is 24.3 Å². The number of fused-ring (bicyclic) bond motifs is 1. The molecule has 21 heavy (non-hydrogen) atoms. The van der Waals surface area contributed by atoms with Crippen LogP contribution in [0.25, 0.3) is 10.9 Å². The lowest BCUT2D eigenvalue weighted by molar-refractivity contribution is 0.145. The number of rotatable bonds is 3. The number of benzene rings is 1. The number of nitrogen functional groups attached to an aromatic ring is 1. The molecule has 1 saturated heterocycles. The highest BCUT2D eigenvalue weighted by Gasteiger charge is 2.18. The Bertz CT molecular complexity index is 621. The van der Waals surface area contributed by atoms with Crippen LogP contribution in [-0.4, -0.2) is 47.6 Å². The van der Waals surface area contributed by atoms with Gasteiger partial charge in [0, 0.05) is 55.5 Å². The number of likely N-dealkylation sites (N-methyl/N-ethyl adjacent to an activating group) is 1. The van der Waals surface area contributed by atoms with Crippen LogP contribution in [-0.2, 0) is 6.54 Å². The molecule has 0 amide bonds. The van der Waals surface area contributed by atoms with Crippen molar-refractivity contribution in [3.8, 4) is 0 Å². The minimum atomic E-state index is 0.451. The molecule has 0 spiro atoms. The standard InChI is InChI=1S/C17H26N4/c1-13(2)21-14(12-20-9-7-19(3)8-10-20)11-15-16(18)5-4-6-17(15)21/h4-6,11,13H,7-10,12,18H2,1-3H3. The largest absolute Gasteiger partial charge is 0.398 e. The molecule has 0 atom stereocenters. The quantitative estimate of drug-likeness (QED) is 0.881. The molecule has 0 unspecified atom stereocenters. The average molecular weight is 286 g/mol. The zero-order valence-electron chi connectivity index (χ0n) is 13.3. The summed E-state index contributed by atoms with van der Waals surface area (Å²) in [6.07, 6.45) is 0. The maximum Gasteiger partial charge on any atom is 0.0506 e. The summed E-state index contributed by atoms with van der Waals surface area (Å²) in [6.45, 7) is 10.1. The van der Waals surface area contributed by atoms with Crippen molar-refractivity contribution >= 4 is 16.6 Å². The third-order valence-corrected chi connectivity index (χ3v) is 4.49. The van der Waals surface area contributed by atoms with Gasteiger partial charge in [-0.25, -0.2) is 0 Å². The van der Waals surface area contributed by atoms with Crippen LogP contribution in [0.2, 0.25) is 0 Å². The predicted octanol–water partition coefficient (Wildman–Crippen LogP) is 2.55. The van der Waals surface area contributed by atoms with Gasteiger partial charge < -0.3 is 15.2 Å². The highest BCUT2D eigenvalue weighted by atomic mass is 15.3. The second kappa shape index (κ2) is 5.70. The highest BCUT2D eigenvalue weighted by molar-refractivity contribution is 5.92. The molecule has 1 aliphatic rings. The van der Waals surface area contributed by atoms with Crippen molar-refractivity contribution in [1.82, 2.24) is 14.4 Å². The lowest BCUT2D eigenvalue weighted by Gasteiger charge is -2.32. The number of hydrogen-bond acceptors (Lipinski definition) is 3. The topological polar surface area (TPSA) is 37.4 Å². The van der Waals surface area contributed by atoms with Crippen molar-refractivity contribution in [2.45, 2.75) is 26.4 Å². The van der Waals surface area contributed by atoms with Gasteiger partial charge in [0.1, 0.15) is 0 Å². The Kier molecular flexibility index (Phi) is 3.91. The van der Waals surface area contributed by atoms with Gasteiger partial charge in [-0.15, -0.1) is 0 Å². The molecule has 1 aliphatic heterocycles. The summed E-state index contributed by atoms with van der Waals surface area (Å²) in [5, 5.41) is 1.19. The molecule has 3 rings (SSSR count). The fourth-order valence-corrected chi connectivity index (χ4v) is 3.30. The lowest BCUT2D eigenvalue weighted by Crippen LogP contribution is -2.44. The molecule has 1 fully saturated rings. The van der Waals surface area contributed by atoms with E-state index in [9.17, 15) is 0 Å². The van der Waals surface area contributed by atoms with E-state index in [2.05, 4.69) is 53.5 Å². The van der Waals surface area contributed by atoms with E-state index < -0.39 is 0 Å². The minimum absolute atomic E-state index is 0.451. The van der Waals surface area contributed by atoms with E-state index >= 15 is 0 Å². The molecule has 114 valence electrons. The van der Waals surface area contributed by atoms with Gasteiger partial charge in [0.15, 0.2) is 0 Å². The summed E-state index contributed by atoms with van der Waals surface area (Å²) < 4.78 is 2.43. The third-order valence-electron chi connectivity index (χ3n) is 4.49. The molecule has 0 bridgehead atoms. The zero-order chi connectivity index (χ0) is 15.0. The molecular weight excluding hydrogens is 260 g/mol. The first-order valence-electron chi connectivity index (χ1n) is 7.85. The second-order valence-electron chi connectivity index (χ2n) is 6.46. The fourth-order valence-electron chi connectivity index (χ4n) is 3.30. The molecular formula is C17H26N4. The Morgan fingerprint density at radius 3 is 2.52 bits per heavy atom. The van der Waals surface area contributed by atoms with E-state index in [1.807, 2.05) is 6.07 Å². The lowest BCUT2D eigenvalue weighted by atomic mass is 10.2. The molecule has 2 aromatic rings. The van der Waals surface area contributed by atoms with Gasteiger partial charge in [0.2, 0.25) is 0 Å². The maximum absolute atomic E-state index is 6.16. The van der Waals surface area contributed by atoms with Gasteiger partial charge in [0.05, 0.1) is 5.52 Å². The van der Waals surface area contributed by atoms with Gasteiger partial charge in [-0.2, -0.15) is 0 Å². The monoisotopic (exact) mass is 286 g/mol. The van der Waals surface area contributed by atoms with Gasteiger partial charge in [-0.3, -0.25) is 4.90 Å². The van der Waals surface area contributed by atoms with E-state index in [1.54, 1.807) is 0 Å². The van der Waals surface area contributed by atoms with Gasteiger partial charge >= 0.3 is 0 Å². The van der Waals surface area contributed by atoms with Crippen LogP contribution in [0, 0.1) is 0 Å². The van der Waals surface area contributed by atoms with Crippen LogP contribution < -0.4 is 5.73 Å². The third kappa shape index (κ3) is 2.78. The van der Waals surface area contributed by atoms with Crippen LogP contribution in [0.4, 0.5) is 5.69 Å². The van der Waals surface area contributed by atoms with Gasteiger partial charge in [-0.05, 0) is 39.1 Å². The normalized spacial score (nSPS) is 17.9. The predicted molar refractivity (Wildman–Crippen MR) is 89.5 cm³/mol. The summed E-state index contributed by atoms with van der Waals surface area (Å²) in [4.78, 5) is 4.94. The molecule has 0 saturated carbocycles. The number of hydrogen-bond donors (Lipinski definition) is 1. The number of nitrogens with zero attached hydrogens (tertiary/aromatic N) is 3. The van der Waals surface area contributed by atoms with E-state index in [0.29, 0.717) is 6.04 Å². The van der Waals surface area contributed by atoms with Crippen molar-refractivity contribution in [1.29, 1.82) is 0 Å². The SMILES string of the molecule is CC(C)n1c(CN2CCN(C)CC2)cc2c(N)cccc21.